The van der Waals surface area contributed by atoms with E-state index in [9.17, 15) is 4.79 Å². The van der Waals surface area contributed by atoms with Crippen LogP contribution in [0.4, 0.5) is 23.0 Å². The number of rotatable bonds is 13. The maximum atomic E-state index is 12.2. The van der Waals surface area contributed by atoms with Crippen LogP contribution in [-0.2, 0) is 4.79 Å². The molecule has 0 aliphatic carbocycles. The van der Waals surface area contributed by atoms with Crippen molar-refractivity contribution in [3.63, 3.8) is 0 Å². The number of carbonyl (C=O) groups excluding carboxylic acids is 1. The van der Waals surface area contributed by atoms with Gasteiger partial charge >= 0.3 is 0 Å². The first-order valence-corrected chi connectivity index (χ1v) is 13.4. The van der Waals surface area contributed by atoms with Gasteiger partial charge in [0, 0.05) is 56.5 Å². The maximum Gasteiger partial charge on any atom is 0.247 e. The molecule has 1 aromatic heterocycles. The lowest BCUT2D eigenvalue weighted by Gasteiger charge is -2.37. The fourth-order valence-electron chi connectivity index (χ4n) is 3.85. The summed E-state index contributed by atoms with van der Waals surface area (Å²) in [4.78, 5) is 26.5. The third-order valence-electron chi connectivity index (χ3n) is 6.01. The highest BCUT2D eigenvalue weighted by Crippen LogP contribution is 2.38. The first-order valence-electron chi connectivity index (χ1n) is 12.6. The van der Waals surface area contributed by atoms with Gasteiger partial charge in [0.05, 0.1) is 24.2 Å². The largest absolute Gasteiger partial charge is 0.494 e. The molecule has 39 heavy (non-hydrogen) atoms. The average Bonchev–Trinajstić information content (AvgIpc) is 2.91. The monoisotopic (exact) mass is 549 g/mol. The topological polar surface area (TPSA) is 95.1 Å². The van der Waals surface area contributed by atoms with E-state index in [1.807, 2.05) is 51.5 Å². The number of likely N-dealkylation sites (N-methyl/N-ethyl adjacent to an activating group) is 2. The Bertz CT molecular complexity index is 1270. The molecule has 0 radical (unpaired) electrons. The van der Waals surface area contributed by atoms with Crippen LogP contribution in [0.15, 0.2) is 72.3 Å². The number of hydrogen-bond acceptors (Lipinski definition) is 10. The number of aromatic nitrogens is 2. The van der Waals surface area contributed by atoms with E-state index >= 15 is 0 Å². The van der Waals surface area contributed by atoms with Gasteiger partial charge in [-0.05, 0) is 50.3 Å². The van der Waals surface area contributed by atoms with Gasteiger partial charge in [-0.25, -0.2) is 9.29 Å². The van der Waals surface area contributed by atoms with Crippen LogP contribution in [0.2, 0.25) is 0 Å². The zero-order valence-corrected chi connectivity index (χ0v) is 23.6. The molecule has 2 N–H and O–H groups in total. The summed E-state index contributed by atoms with van der Waals surface area (Å²) < 4.78 is 14.0. The van der Waals surface area contributed by atoms with Crippen molar-refractivity contribution < 1.29 is 14.3 Å². The van der Waals surface area contributed by atoms with Gasteiger partial charge < -0.3 is 29.9 Å². The van der Waals surface area contributed by atoms with Crippen LogP contribution < -0.4 is 25.0 Å². The number of hydrogen-bond donors (Lipinski definition) is 2. The smallest absolute Gasteiger partial charge is 0.247 e. The molecule has 1 fully saturated rings. The average molecular weight is 550 g/mol. The number of amides is 1. The molecule has 2 heterocycles. The van der Waals surface area contributed by atoms with E-state index in [0.717, 1.165) is 31.9 Å². The minimum absolute atomic E-state index is 0.0520. The van der Waals surface area contributed by atoms with Crippen molar-refractivity contribution in [1.29, 1.82) is 0 Å². The van der Waals surface area contributed by atoms with Crippen LogP contribution in [0.5, 0.6) is 11.6 Å². The number of nitrogens with one attached hydrogen (secondary N) is 2. The maximum absolute atomic E-state index is 12.2. The molecular weight excluding hydrogens is 514 g/mol. The number of carbonyl (C=O) groups is 1. The highest BCUT2D eigenvalue weighted by molar-refractivity contribution is 7.97. The van der Waals surface area contributed by atoms with E-state index < -0.39 is 0 Å². The quantitative estimate of drug-likeness (QED) is 0.239. The summed E-state index contributed by atoms with van der Waals surface area (Å²) in [7, 11) is 7.61. The Labute approximate surface area is 234 Å². The predicted octanol–water partition coefficient (Wildman–Crippen LogP) is 4.12. The second kappa shape index (κ2) is 13.3. The minimum atomic E-state index is -0.306. The minimum Gasteiger partial charge on any atom is -0.494 e. The molecule has 1 aliphatic heterocycles. The molecule has 0 unspecified atom stereocenters. The van der Waals surface area contributed by atoms with E-state index in [-0.39, 0.29) is 12.0 Å². The lowest BCUT2D eigenvalue weighted by Crippen LogP contribution is -2.50. The Kier molecular flexibility index (Phi) is 9.64. The summed E-state index contributed by atoms with van der Waals surface area (Å²) in [6.45, 7) is 6.78. The molecule has 206 valence electrons. The van der Waals surface area contributed by atoms with Crippen LogP contribution >= 0.6 is 11.9 Å². The highest BCUT2D eigenvalue weighted by atomic mass is 32.2. The summed E-state index contributed by atoms with van der Waals surface area (Å²) in [6.07, 6.45) is 2.94. The third-order valence-corrected chi connectivity index (χ3v) is 7.05. The van der Waals surface area contributed by atoms with Crippen molar-refractivity contribution in [2.45, 2.75) is 11.0 Å². The van der Waals surface area contributed by atoms with Crippen molar-refractivity contribution in [3.8, 4) is 11.6 Å². The van der Waals surface area contributed by atoms with E-state index in [0.29, 0.717) is 29.0 Å². The first-order chi connectivity index (χ1) is 18.8. The lowest BCUT2D eigenvalue weighted by atomic mass is 10.2. The van der Waals surface area contributed by atoms with Gasteiger partial charge in [0.15, 0.2) is 0 Å². The predicted molar refractivity (Wildman–Crippen MR) is 157 cm³/mol. The van der Waals surface area contributed by atoms with Gasteiger partial charge in [-0.3, -0.25) is 4.79 Å². The van der Waals surface area contributed by atoms with E-state index in [2.05, 4.69) is 53.4 Å². The summed E-state index contributed by atoms with van der Waals surface area (Å²) in [5, 5.41) is 6.12. The van der Waals surface area contributed by atoms with Crippen molar-refractivity contribution in [2.75, 3.05) is 70.0 Å². The molecule has 10 nitrogen and oxygen atoms in total. The van der Waals surface area contributed by atoms with Crippen molar-refractivity contribution in [3.05, 3.63) is 67.4 Å². The van der Waals surface area contributed by atoms with Gasteiger partial charge in [-0.1, -0.05) is 24.8 Å². The van der Waals surface area contributed by atoms with Gasteiger partial charge in [0.1, 0.15) is 11.9 Å². The molecule has 0 bridgehead atoms. The van der Waals surface area contributed by atoms with Crippen LogP contribution in [0.3, 0.4) is 0 Å². The Balaban J connectivity index is 1.46. The zero-order chi connectivity index (χ0) is 27.8. The number of ether oxygens (including phenoxy) is 2. The molecule has 1 amide bonds. The second-order valence-corrected chi connectivity index (χ2v) is 10.5. The standard InChI is InChI=1S/C28H35N7O3S/c1-6-26(36)30-22-16-23(25(37-5)17-24(22)34(4)15-14-33(2)3)31-28-29-13-12-27(32-28)38-20-18-35(19-20)39-21-10-8-7-9-11-21/h6-13,16-17,20H,1,14-15,18-19H2,2-5H3,(H,30,36)(H,29,31,32). The normalized spacial score (nSPS) is 13.5. The van der Waals surface area contributed by atoms with E-state index in [1.54, 1.807) is 31.3 Å². The van der Waals surface area contributed by atoms with Gasteiger partial charge in [0.25, 0.3) is 0 Å². The van der Waals surface area contributed by atoms with Crippen molar-refractivity contribution in [2.24, 2.45) is 0 Å². The van der Waals surface area contributed by atoms with Crippen LogP contribution in [-0.4, -0.2) is 85.6 Å². The Morgan fingerprint density at radius 1 is 1.15 bits per heavy atom. The first kappa shape index (κ1) is 28.2. The molecule has 4 rings (SSSR count). The zero-order valence-electron chi connectivity index (χ0n) is 22.8. The van der Waals surface area contributed by atoms with E-state index in [4.69, 9.17) is 9.47 Å². The lowest BCUT2D eigenvalue weighted by molar-refractivity contribution is -0.111. The molecule has 3 aromatic rings. The number of nitrogens with zero attached hydrogens (tertiary/aromatic N) is 5. The third kappa shape index (κ3) is 7.85. The molecule has 2 aromatic carbocycles. The van der Waals surface area contributed by atoms with Crippen molar-refractivity contribution in [1.82, 2.24) is 19.2 Å². The Morgan fingerprint density at radius 3 is 2.62 bits per heavy atom. The Hall–Kier alpha value is -3.80. The number of benzene rings is 2. The molecular formula is C28H35N7O3S. The number of methoxy groups -OCH3 is 1. The van der Waals surface area contributed by atoms with Crippen LogP contribution in [0.25, 0.3) is 0 Å². The molecule has 1 aliphatic rings. The second-order valence-electron chi connectivity index (χ2n) is 9.32. The molecule has 0 spiro atoms. The molecule has 0 saturated carbocycles. The van der Waals surface area contributed by atoms with Gasteiger partial charge in [-0.15, -0.1) is 0 Å². The fraction of sp³-hybridized carbons (Fsp3) is 0.321. The van der Waals surface area contributed by atoms with Crippen LogP contribution in [0, 0.1) is 0 Å². The Morgan fingerprint density at radius 2 is 1.92 bits per heavy atom. The van der Waals surface area contributed by atoms with Crippen molar-refractivity contribution >= 4 is 40.9 Å². The van der Waals surface area contributed by atoms with Gasteiger partial charge in [-0.2, -0.15) is 4.98 Å². The summed E-state index contributed by atoms with van der Waals surface area (Å²) in [5.41, 5.74) is 2.03. The summed E-state index contributed by atoms with van der Waals surface area (Å²) >= 11 is 1.72. The molecule has 0 atom stereocenters. The SMILES string of the molecule is C=CC(=O)Nc1cc(Nc2nccc(OC3CN(Sc4ccccc4)C3)n2)c(OC)cc1N(C)CCN(C)C. The summed E-state index contributed by atoms with van der Waals surface area (Å²) in [5.74, 6) is 1.12. The fourth-order valence-corrected chi connectivity index (χ4v) is 4.90. The van der Waals surface area contributed by atoms with E-state index in [1.165, 1.54) is 11.0 Å². The molecule has 1 saturated heterocycles. The van der Waals surface area contributed by atoms with Gasteiger partial charge in [0.2, 0.25) is 17.7 Å². The molecule has 11 heteroatoms. The highest BCUT2D eigenvalue weighted by Gasteiger charge is 2.29. The van der Waals surface area contributed by atoms with Crippen LogP contribution in [0.1, 0.15) is 0 Å². The summed E-state index contributed by atoms with van der Waals surface area (Å²) in [6, 6.07) is 15.7. The number of anilines is 4.